The Labute approximate surface area is 113 Å². The van der Waals surface area contributed by atoms with E-state index in [9.17, 15) is 14.0 Å². The Hall–Kier alpha value is -1.86. The number of nitrogens with one attached hydrogen (secondary N) is 2. The molecule has 1 aromatic rings. The zero-order chi connectivity index (χ0) is 14.4. The quantitative estimate of drug-likeness (QED) is 0.659. The molecule has 0 aliphatic carbocycles. The van der Waals surface area contributed by atoms with Gasteiger partial charge in [-0.3, -0.25) is 0 Å². The van der Waals surface area contributed by atoms with E-state index in [0.29, 0.717) is 0 Å². The summed E-state index contributed by atoms with van der Waals surface area (Å²) in [6, 6.07) is 1.59. The molecule has 0 fully saturated rings. The molecule has 1 atom stereocenters. The number of benzene rings is 1. The number of anilines is 1. The van der Waals surface area contributed by atoms with E-state index in [-0.39, 0.29) is 23.7 Å². The van der Waals surface area contributed by atoms with Crippen LogP contribution in [0.1, 0.15) is 6.42 Å². The standard InChI is InChI=1S/C11H12ClFN2O4/c12-7-2-1-6(5-8(7)13)14-11(19)15-9(3-4-16)10(17)18/h1-2,5,9,16H,3-4H2,(H,17,18)(H2,14,15,19)/t9-/m1/s1. The molecule has 0 spiro atoms. The van der Waals surface area contributed by atoms with E-state index in [1.165, 1.54) is 12.1 Å². The van der Waals surface area contributed by atoms with Crippen molar-refractivity contribution in [1.29, 1.82) is 0 Å². The van der Waals surface area contributed by atoms with Crippen LogP contribution in [0, 0.1) is 5.82 Å². The van der Waals surface area contributed by atoms with Crippen molar-refractivity contribution in [3.05, 3.63) is 29.0 Å². The van der Waals surface area contributed by atoms with Crippen LogP contribution in [0.3, 0.4) is 0 Å². The van der Waals surface area contributed by atoms with E-state index in [4.69, 9.17) is 21.8 Å². The van der Waals surface area contributed by atoms with Crippen LogP contribution in [0.5, 0.6) is 0 Å². The topological polar surface area (TPSA) is 98.7 Å². The number of urea groups is 1. The van der Waals surface area contributed by atoms with Gasteiger partial charge in [-0.1, -0.05) is 11.6 Å². The minimum atomic E-state index is -1.27. The highest BCUT2D eigenvalue weighted by Crippen LogP contribution is 2.18. The van der Waals surface area contributed by atoms with Crippen molar-refractivity contribution >= 4 is 29.3 Å². The summed E-state index contributed by atoms with van der Waals surface area (Å²) in [4.78, 5) is 22.2. The predicted octanol–water partition coefficient (Wildman–Crippen LogP) is 1.44. The molecule has 1 rings (SSSR count). The van der Waals surface area contributed by atoms with Gasteiger partial charge in [0, 0.05) is 18.7 Å². The molecule has 0 bridgehead atoms. The number of carboxylic acids is 1. The van der Waals surface area contributed by atoms with Gasteiger partial charge in [0.1, 0.15) is 11.9 Å². The molecule has 0 heterocycles. The van der Waals surface area contributed by atoms with Crippen molar-refractivity contribution in [1.82, 2.24) is 5.32 Å². The highest BCUT2D eigenvalue weighted by molar-refractivity contribution is 6.30. The van der Waals surface area contributed by atoms with Crippen molar-refractivity contribution < 1.29 is 24.2 Å². The third kappa shape index (κ3) is 4.72. The van der Waals surface area contributed by atoms with Crippen molar-refractivity contribution in [3.8, 4) is 0 Å². The van der Waals surface area contributed by atoms with Gasteiger partial charge in [0.2, 0.25) is 0 Å². The Morgan fingerprint density at radius 1 is 1.42 bits per heavy atom. The van der Waals surface area contributed by atoms with Crippen LogP contribution in [0.15, 0.2) is 18.2 Å². The van der Waals surface area contributed by atoms with Crippen LogP contribution in [-0.2, 0) is 4.79 Å². The van der Waals surface area contributed by atoms with Gasteiger partial charge in [-0.05, 0) is 18.2 Å². The SMILES string of the molecule is O=C(Nc1ccc(Cl)c(F)c1)N[C@H](CCO)C(=O)O. The van der Waals surface area contributed by atoms with Gasteiger partial charge in [-0.15, -0.1) is 0 Å². The minimum absolute atomic E-state index is 0.0883. The molecule has 2 amide bonds. The number of aliphatic carboxylic acids is 1. The van der Waals surface area contributed by atoms with Crippen LogP contribution in [0.4, 0.5) is 14.9 Å². The number of carboxylic acid groups (broad SMARTS) is 1. The lowest BCUT2D eigenvalue weighted by molar-refractivity contribution is -0.139. The van der Waals surface area contributed by atoms with E-state index >= 15 is 0 Å². The number of hydrogen-bond acceptors (Lipinski definition) is 3. The molecule has 6 nitrogen and oxygen atoms in total. The van der Waals surface area contributed by atoms with E-state index in [2.05, 4.69) is 10.6 Å². The van der Waals surface area contributed by atoms with Gasteiger partial charge in [0.15, 0.2) is 0 Å². The number of aliphatic hydroxyl groups is 1. The van der Waals surface area contributed by atoms with E-state index in [1.54, 1.807) is 0 Å². The van der Waals surface area contributed by atoms with Crippen LogP contribution in [-0.4, -0.2) is 34.9 Å². The smallest absolute Gasteiger partial charge is 0.326 e. The summed E-state index contributed by atoms with van der Waals surface area (Å²) in [6.07, 6.45) is -0.127. The molecule has 0 radical (unpaired) electrons. The van der Waals surface area contributed by atoms with Crippen LogP contribution in [0.25, 0.3) is 0 Å². The molecule has 104 valence electrons. The Morgan fingerprint density at radius 3 is 2.63 bits per heavy atom. The maximum absolute atomic E-state index is 13.1. The largest absolute Gasteiger partial charge is 0.480 e. The molecule has 0 aromatic heterocycles. The van der Waals surface area contributed by atoms with E-state index in [0.717, 1.165) is 6.07 Å². The summed E-state index contributed by atoms with van der Waals surface area (Å²) in [5.41, 5.74) is 0.132. The van der Waals surface area contributed by atoms with E-state index in [1.807, 2.05) is 0 Å². The third-order valence-corrected chi connectivity index (χ3v) is 2.51. The number of carbonyl (C=O) groups excluding carboxylic acids is 1. The maximum Gasteiger partial charge on any atom is 0.326 e. The van der Waals surface area contributed by atoms with Crippen molar-refractivity contribution in [2.24, 2.45) is 0 Å². The van der Waals surface area contributed by atoms with E-state index < -0.39 is 23.9 Å². The normalized spacial score (nSPS) is 11.7. The lowest BCUT2D eigenvalue weighted by Crippen LogP contribution is -2.43. The molecule has 0 aliphatic rings. The number of aliphatic hydroxyl groups excluding tert-OH is 1. The van der Waals surface area contributed by atoms with Gasteiger partial charge >= 0.3 is 12.0 Å². The lowest BCUT2D eigenvalue weighted by atomic mass is 10.2. The highest BCUT2D eigenvalue weighted by Gasteiger charge is 2.19. The average Bonchev–Trinajstić information content (AvgIpc) is 2.33. The number of carbonyl (C=O) groups is 2. The Kier molecular flexibility index (Phi) is 5.53. The molecule has 1 aromatic carbocycles. The Bertz CT molecular complexity index is 484. The molecule has 0 saturated carbocycles. The molecule has 8 heteroatoms. The summed E-state index contributed by atoms with van der Waals surface area (Å²) in [5.74, 6) is -1.98. The lowest BCUT2D eigenvalue weighted by Gasteiger charge is -2.14. The average molecular weight is 291 g/mol. The van der Waals surface area contributed by atoms with Gasteiger partial charge in [-0.25, -0.2) is 14.0 Å². The second-order valence-corrected chi connectivity index (χ2v) is 4.04. The fourth-order valence-electron chi connectivity index (χ4n) is 1.29. The molecule has 0 saturated heterocycles. The first-order chi connectivity index (χ1) is 8.93. The Morgan fingerprint density at radius 2 is 2.11 bits per heavy atom. The number of hydrogen-bond donors (Lipinski definition) is 4. The zero-order valence-electron chi connectivity index (χ0n) is 9.69. The molecular formula is C11H12ClFN2O4. The summed E-state index contributed by atoms with van der Waals surface area (Å²) in [6.45, 7) is -0.382. The van der Waals surface area contributed by atoms with Crippen molar-refractivity contribution in [3.63, 3.8) is 0 Å². The van der Waals surface area contributed by atoms with Crippen LogP contribution >= 0.6 is 11.6 Å². The first-order valence-electron chi connectivity index (χ1n) is 5.30. The maximum atomic E-state index is 13.1. The Balaban J connectivity index is 2.63. The van der Waals surface area contributed by atoms with Crippen LogP contribution < -0.4 is 10.6 Å². The zero-order valence-corrected chi connectivity index (χ0v) is 10.4. The fourth-order valence-corrected chi connectivity index (χ4v) is 1.40. The summed E-state index contributed by atoms with van der Waals surface area (Å²) in [5, 5.41) is 21.7. The molecule has 0 unspecified atom stereocenters. The van der Waals surface area contributed by atoms with Crippen LogP contribution in [0.2, 0.25) is 5.02 Å². The molecule has 0 aliphatic heterocycles. The van der Waals surface area contributed by atoms with Crippen molar-refractivity contribution in [2.45, 2.75) is 12.5 Å². The summed E-state index contributed by atoms with van der Waals surface area (Å²) in [7, 11) is 0. The highest BCUT2D eigenvalue weighted by atomic mass is 35.5. The number of amides is 2. The predicted molar refractivity (Wildman–Crippen MR) is 66.7 cm³/mol. The van der Waals surface area contributed by atoms with Gasteiger partial charge < -0.3 is 20.8 Å². The molecular weight excluding hydrogens is 279 g/mol. The van der Waals surface area contributed by atoms with Gasteiger partial charge in [0.05, 0.1) is 5.02 Å². The van der Waals surface area contributed by atoms with Gasteiger partial charge in [0.25, 0.3) is 0 Å². The fraction of sp³-hybridized carbons (Fsp3) is 0.273. The second kappa shape index (κ2) is 6.91. The monoisotopic (exact) mass is 290 g/mol. The minimum Gasteiger partial charge on any atom is -0.480 e. The van der Waals surface area contributed by atoms with Crippen molar-refractivity contribution in [2.75, 3.05) is 11.9 Å². The first-order valence-corrected chi connectivity index (χ1v) is 5.68. The molecule has 19 heavy (non-hydrogen) atoms. The second-order valence-electron chi connectivity index (χ2n) is 3.63. The summed E-state index contributed by atoms with van der Waals surface area (Å²) >= 11 is 5.48. The molecule has 4 N–H and O–H groups in total. The van der Waals surface area contributed by atoms with Gasteiger partial charge in [-0.2, -0.15) is 0 Å². The summed E-state index contributed by atoms with van der Waals surface area (Å²) < 4.78 is 13.1. The number of rotatable bonds is 5. The first kappa shape index (κ1) is 15.2. The number of halogens is 2. The third-order valence-electron chi connectivity index (χ3n) is 2.20.